The van der Waals surface area contributed by atoms with Crippen molar-refractivity contribution in [2.24, 2.45) is 0 Å². The molecule has 108 valence electrons. The van der Waals surface area contributed by atoms with Crippen molar-refractivity contribution in [3.8, 4) is 0 Å². The van der Waals surface area contributed by atoms with Gasteiger partial charge in [-0.1, -0.05) is 0 Å². The Morgan fingerprint density at radius 1 is 1.40 bits per heavy atom. The molecule has 0 saturated carbocycles. The van der Waals surface area contributed by atoms with Crippen LogP contribution in [0.3, 0.4) is 0 Å². The van der Waals surface area contributed by atoms with Crippen LogP contribution in [0, 0.1) is 13.8 Å². The van der Waals surface area contributed by atoms with Crippen molar-refractivity contribution in [1.29, 1.82) is 0 Å². The van der Waals surface area contributed by atoms with Crippen LogP contribution in [0.1, 0.15) is 29.8 Å². The fourth-order valence-corrected chi connectivity index (χ4v) is 2.31. The number of aromatic amines is 1. The normalized spacial score (nSPS) is 18.5. The second-order valence-electron chi connectivity index (χ2n) is 5.01. The summed E-state index contributed by atoms with van der Waals surface area (Å²) >= 11 is 0. The van der Waals surface area contributed by atoms with Crippen LogP contribution in [0.5, 0.6) is 0 Å². The molecule has 1 aliphatic rings. The van der Waals surface area contributed by atoms with Crippen molar-refractivity contribution in [1.82, 2.24) is 20.6 Å². The maximum Gasteiger partial charge on any atom is 0.345 e. The van der Waals surface area contributed by atoms with Gasteiger partial charge < -0.3 is 15.6 Å². The minimum atomic E-state index is -0.404. The number of piperidine rings is 1. The fraction of sp³-hybridized carbons (Fsp3) is 0.538. The van der Waals surface area contributed by atoms with Gasteiger partial charge in [-0.05, 0) is 20.3 Å². The summed E-state index contributed by atoms with van der Waals surface area (Å²) in [5, 5.41) is 5.60. The van der Waals surface area contributed by atoms with E-state index in [2.05, 4.69) is 20.6 Å². The molecule has 7 heteroatoms. The summed E-state index contributed by atoms with van der Waals surface area (Å²) < 4.78 is 0. The van der Waals surface area contributed by atoms with E-state index in [9.17, 15) is 14.4 Å². The number of H-pyrrole nitrogens is 1. The minimum absolute atomic E-state index is 0.0204. The van der Waals surface area contributed by atoms with E-state index >= 15 is 0 Å². The molecule has 2 rings (SSSR count). The number of aryl methyl sites for hydroxylation is 2. The van der Waals surface area contributed by atoms with Gasteiger partial charge in [-0.2, -0.15) is 4.98 Å². The molecule has 0 radical (unpaired) electrons. The molecule has 1 aliphatic heterocycles. The van der Waals surface area contributed by atoms with Gasteiger partial charge in [0.05, 0.1) is 6.42 Å². The number of nitrogens with zero attached hydrogens (tertiary/aromatic N) is 1. The van der Waals surface area contributed by atoms with E-state index in [4.69, 9.17) is 0 Å². The van der Waals surface area contributed by atoms with Crippen molar-refractivity contribution >= 4 is 11.8 Å². The van der Waals surface area contributed by atoms with Gasteiger partial charge in [-0.25, -0.2) is 4.79 Å². The first-order valence-corrected chi connectivity index (χ1v) is 6.58. The number of amides is 2. The second-order valence-corrected chi connectivity index (χ2v) is 5.01. The summed E-state index contributed by atoms with van der Waals surface area (Å²) in [4.78, 5) is 40.6. The average Bonchev–Trinajstić information content (AvgIpc) is 2.36. The van der Waals surface area contributed by atoms with Crippen LogP contribution in [0.4, 0.5) is 0 Å². The van der Waals surface area contributed by atoms with Crippen LogP contribution in [-0.2, 0) is 16.0 Å². The zero-order valence-electron chi connectivity index (χ0n) is 11.6. The van der Waals surface area contributed by atoms with Crippen LogP contribution in [0.25, 0.3) is 0 Å². The highest BCUT2D eigenvalue weighted by Gasteiger charge is 2.20. The zero-order chi connectivity index (χ0) is 14.7. The van der Waals surface area contributed by atoms with Crippen molar-refractivity contribution < 1.29 is 9.59 Å². The third-order valence-corrected chi connectivity index (χ3v) is 3.42. The predicted octanol–water partition coefficient (Wildman–Crippen LogP) is -0.676. The highest BCUT2D eigenvalue weighted by molar-refractivity contribution is 5.80. The summed E-state index contributed by atoms with van der Waals surface area (Å²) in [7, 11) is 0. The summed E-state index contributed by atoms with van der Waals surface area (Å²) in [6.45, 7) is 3.93. The molecule has 0 aromatic carbocycles. The molecule has 1 saturated heterocycles. The van der Waals surface area contributed by atoms with Crippen LogP contribution in [0.15, 0.2) is 4.79 Å². The third-order valence-electron chi connectivity index (χ3n) is 3.42. The molecule has 2 amide bonds. The Bertz CT molecular complexity index is 558. The first kappa shape index (κ1) is 14.2. The maximum atomic E-state index is 12.0. The zero-order valence-corrected chi connectivity index (χ0v) is 11.6. The molecular weight excluding hydrogens is 260 g/mol. The molecule has 7 nitrogen and oxygen atoms in total. The smallest absolute Gasteiger partial charge is 0.345 e. The van der Waals surface area contributed by atoms with E-state index in [0.717, 1.165) is 5.56 Å². The number of nitrogens with one attached hydrogen (secondary N) is 3. The Balaban J connectivity index is 1.98. The molecule has 0 bridgehead atoms. The average molecular weight is 278 g/mol. The number of carbonyl (C=O) groups is 2. The molecule has 1 unspecified atom stereocenters. The molecule has 1 aromatic rings. The van der Waals surface area contributed by atoms with Gasteiger partial charge in [0, 0.05) is 36.0 Å². The van der Waals surface area contributed by atoms with Crippen LogP contribution in [0.2, 0.25) is 0 Å². The molecule has 3 N–H and O–H groups in total. The number of hydrogen-bond donors (Lipinski definition) is 3. The van der Waals surface area contributed by atoms with E-state index in [1.165, 1.54) is 0 Å². The van der Waals surface area contributed by atoms with Crippen molar-refractivity contribution in [2.75, 3.05) is 6.54 Å². The first-order valence-electron chi connectivity index (χ1n) is 6.58. The standard InChI is InChI=1S/C13H18N4O3/c1-7-10(8(2)16-13(20)15-7)5-12(19)17-9-3-4-11(18)14-6-9/h9H,3-6H2,1-2H3,(H,14,18)(H,17,19)(H,15,16,20). The molecule has 0 aliphatic carbocycles. The van der Waals surface area contributed by atoms with Gasteiger partial charge in [-0.15, -0.1) is 0 Å². The summed E-state index contributed by atoms with van der Waals surface area (Å²) in [6, 6.07) is -0.0310. The topological polar surface area (TPSA) is 104 Å². The molecule has 1 atom stereocenters. The number of hydrogen-bond acceptors (Lipinski definition) is 4. The molecule has 0 spiro atoms. The van der Waals surface area contributed by atoms with Crippen LogP contribution >= 0.6 is 0 Å². The van der Waals surface area contributed by atoms with E-state index in [1.54, 1.807) is 13.8 Å². The predicted molar refractivity (Wildman–Crippen MR) is 72.2 cm³/mol. The number of carbonyl (C=O) groups excluding carboxylic acids is 2. The minimum Gasteiger partial charge on any atom is -0.354 e. The Labute approximate surface area is 116 Å². The number of rotatable bonds is 3. The van der Waals surface area contributed by atoms with Gasteiger partial charge in [0.15, 0.2) is 0 Å². The summed E-state index contributed by atoms with van der Waals surface area (Å²) in [6.07, 6.45) is 1.26. The molecule has 2 heterocycles. The van der Waals surface area contributed by atoms with Gasteiger partial charge in [-0.3, -0.25) is 9.59 Å². The summed E-state index contributed by atoms with van der Waals surface area (Å²) in [5.74, 6) is -0.113. The van der Waals surface area contributed by atoms with Gasteiger partial charge >= 0.3 is 5.69 Å². The van der Waals surface area contributed by atoms with Crippen LogP contribution < -0.4 is 16.3 Å². The molecule has 1 aromatic heterocycles. The lowest BCUT2D eigenvalue weighted by Gasteiger charge is -2.23. The van der Waals surface area contributed by atoms with E-state index in [1.807, 2.05) is 0 Å². The maximum absolute atomic E-state index is 12.0. The van der Waals surface area contributed by atoms with Crippen molar-refractivity contribution in [3.05, 3.63) is 27.4 Å². The van der Waals surface area contributed by atoms with E-state index < -0.39 is 5.69 Å². The largest absolute Gasteiger partial charge is 0.354 e. The van der Waals surface area contributed by atoms with Gasteiger partial charge in [0.1, 0.15) is 0 Å². The Hall–Kier alpha value is -2.18. The quantitative estimate of drug-likeness (QED) is 0.681. The molecule has 20 heavy (non-hydrogen) atoms. The Morgan fingerprint density at radius 3 is 2.75 bits per heavy atom. The first-order chi connectivity index (χ1) is 9.45. The van der Waals surface area contributed by atoms with Crippen LogP contribution in [-0.4, -0.2) is 34.4 Å². The Morgan fingerprint density at radius 2 is 2.15 bits per heavy atom. The highest BCUT2D eigenvalue weighted by atomic mass is 16.2. The van der Waals surface area contributed by atoms with Gasteiger partial charge in [0.2, 0.25) is 11.8 Å². The van der Waals surface area contributed by atoms with E-state index in [0.29, 0.717) is 30.8 Å². The summed E-state index contributed by atoms with van der Waals surface area (Å²) in [5.41, 5.74) is 1.56. The van der Waals surface area contributed by atoms with E-state index in [-0.39, 0.29) is 24.3 Å². The number of aromatic nitrogens is 2. The monoisotopic (exact) mass is 278 g/mol. The molecule has 1 fully saturated rings. The fourth-order valence-electron chi connectivity index (χ4n) is 2.31. The van der Waals surface area contributed by atoms with Crippen molar-refractivity contribution in [2.45, 2.75) is 39.2 Å². The third kappa shape index (κ3) is 3.43. The lowest BCUT2D eigenvalue weighted by atomic mass is 10.1. The van der Waals surface area contributed by atoms with Gasteiger partial charge in [0.25, 0.3) is 0 Å². The lowest BCUT2D eigenvalue weighted by Crippen LogP contribution is -2.48. The Kier molecular flexibility index (Phi) is 4.16. The highest BCUT2D eigenvalue weighted by Crippen LogP contribution is 2.08. The SMILES string of the molecule is Cc1nc(=O)[nH]c(C)c1CC(=O)NC1CCC(=O)NC1. The molecular formula is C13H18N4O3. The lowest BCUT2D eigenvalue weighted by molar-refractivity contribution is -0.125. The van der Waals surface area contributed by atoms with Crippen molar-refractivity contribution in [3.63, 3.8) is 0 Å². The second kappa shape index (κ2) is 5.85.